The van der Waals surface area contributed by atoms with Crippen molar-refractivity contribution in [1.29, 1.82) is 0 Å². The van der Waals surface area contributed by atoms with Crippen LogP contribution in [0.2, 0.25) is 0 Å². The fourth-order valence-corrected chi connectivity index (χ4v) is 4.00. The lowest BCUT2D eigenvalue weighted by Gasteiger charge is -2.30. The smallest absolute Gasteiger partial charge is 0.407 e. The average molecular weight is 316 g/mol. The van der Waals surface area contributed by atoms with E-state index in [0.29, 0.717) is 12.0 Å². The minimum atomic E-state index is -0.458. The van der Waals surface area contributed by atoms with Gasteiger partial charge in [-0.05, 0) is 52.2 Å². The van der Waals surface area contributed by atoms with E-state index in [1.54, 1.807) is 0 Å². The van der Waals surface area contributed by atoms with Crippen LogP contribution in [0.3, 0.4) is 0 Å². The maximum atomic E-state index is 12.0. The maximum absolute atomic E-state index is 12.0. The maximum Gasteiger partial charge on any atom is 0.407 e. The number of amides is 1. The van der Waals surface area contributed by atoms with Crippen LogP contribution in [0.1, 0.15) is 58.4 Å². The minimum Gasteiger partial charge on any atom is -0.444 e. The van der Waals surface area contributed by atoms with Crippen LogP contribution in [0.4, 0.5) is 10.5 Å². The summed E-state index contributed by atoms with van der Waals surface area (Å²) in [5, 5.41) is 2.97. The van der Waals surface area contributed by atoms with Gasteiger partial charge in [0.25, 0.3) is 0 Å². The summed E-state index contributed by atoms with van der Waals surface area (Å²) in [6.45, 7) is 8.54. The predicted molar refractivity (Wildman–Crippen MR) is 93.0 cm³/mol. The van der Waals surface area contributed by atoms with Crippen molar-refractivity contribution in [3.8, 4) is 0 Å². The van der Waals surface area contributed by atoms with Crippen LogP contribution in [0.25, 0.3) is 0 Å². The van der Waals surface area contributed by atoms with Crippen molar-refractivity contribution in [1.82, 2.24) is 5.32 Å². The van der Waals surface area contributed by atoms with Crippen molar-refractivity contribution in [3.05, 3.63) is 29.8 Å². The first-order chi connectivity index (χ1) is 10.8. The van der Waals surface area contributed by atoms with E-state index in [-0.39, 0.29) is 12.1 Å². The van der Waals surface area contributed by atoms with E-state index in [1.807, 2.05) is 20.8 Å². The third-order valence-electron chi connectivity index (χ3n) is 4.76. The quantitative estimate of drug-likeness (QED) is 0.914. The number of benzene rings is 1. The van der Waals surface area contributed by atoms with Gasteiger partial charge in [-0.25, -0.2) is 4.79 Å². The van der Waals surface area contributed by atoms with Gasteiger partial charge in [0, 0.05) is 30.2 Å². The molecule has 0 radical (unpaired) electrons. The van der Waals surface area contributed by atoms with Crippen LogP contribution in [0.15, 0.2) is 24.3 Å². The summed E-state index contributed by atoms with van der Waals surface area (Å²) >= 11 is 0. The lowest BCUT2D eigenvalue weighted by molar-refractivity contribution is 0.0509. The molecule has 0 spiro atoms. The van der Waals surface area contributed by atoms with Gasteiger partial charge in [0.05, 0.1) is 0 Å². The average Bonchev–Trinajstić information content (AvgIpc) is 3.00. The summed E-state index contributed by atoms with van der Waals surface area (Å²) in [5.41, 5.74) is 2.38. The highest BCUT2D eigenvalue weighted by Crippen LogP contribution is 2.48. The molecule has 1 N–H and O–H groups in total. The molecule has 1 heterocycles. The van der Waals surface area contributed by atoms with Crippen LogP contribution < -0.4 is 10.2 Å². The zero-order valence-electron chi connectivity index (χ0n) is 14.6. The van der Waals surface area contributed by atoms with Crippen LogP contribution in [-0.4, -0.2) is 30.3 Å². The number of fused-ring (bicyclic) bond motifs is 3. The minimum absolute atomic E-state index is 0.0530. The van der Waals surface area contributed by atoms with Gasteiger partial charge in [-0.3, -0.25) is 0 Å². The van der Waals surface area contributed by atoms with Crippen LogP contribution in [0, 0.1) is 0 Å². The Balaban J connectivity index is 1.66. The van der Waals surface area contributed by atoms with Crippen molar-refractivity contribution >= 4 is 11.8 Å². The summed E-state index contributed by atoms with van der Waals surface area (Å²) in [4.78, 5) is 14.5. The van der Waals surface area contributed by atoms with E-state index < -0.39 is 5.60 Å². The number of hydrogen-bond donors (Lipinski definition) is 1. The Morgan fingerprint density at radius 1 is 1.35 bits per heavy atom. The van der Waals surface area contributed by atoms with E-state index >= 15 is 0 Å². The Morgan fingerprint density at radius 3 is 2.83 bits per heavy atom. The second-order valence-corrected chi connectivity index (χ2v) is 7.86. The number of anilines is 1. The van der Waals surface area contributed by atoms with Crippen LogP contribution in [0.5, 0.6) is 0 Å². The zero-order chi connectivity index (χ0) is 16.6. The topological polar surface area (TPSA) is 41.6 Å². The molecule has 4 heteroatoms. The number of carbonyl (C=O) groups excluding carboxylic acids is 1. The fourth-order valence-electron chi connectivity index (χ4n) is 4.00. The highest BCUT2D eigenvalue weighted by atomic mass is 16.6. The molecule has 1 aromatic carbocycles. The third kappa shape index (κ3) is 3.46. The molecule has 1 saturated carbocycles. The summed E-state index contributed by atoms with van der Waals surface area (Å²) in [7, 11) is 0. The molecule has 3 rings (SSSR count). The second-order valence-electron chi connectivity index (χ2n) is 7.86. The van der Waals surface area contributed by atoms with Crippen LogP contribution in [-0.2, 0) is 4.74 Å². The molecule has 1 amide bonds. The summed E-state index contributed by atoms with van der Waals surface area (Å²) in [6.07, 6.45) is 3.50. The number of para-hydroxylation sites is 1. The highest BCUT2D eigenvalue weighted by Gasteiger charge is 2.41. The van der Waals surface area contributed by atoms with Gasteiger partial charge in [0.1, 0.15) is 5.60 Å². The lowest BCUT2D eigenvalue weighted by atomic mass is 9.98. The summed E-state index contributed by atoms with van der Waals surface area (Å²) in [6, 6.07) is 9.38. The summed E-state index contributed by atoms with van der Waals surface area (Å²) in [5.74, 6) is 0.667. The number of nitrogens with zero attached hydrogens (tertiary/aromatic N) is 1. The van der Waals surface area contributed by atoms with Gasteiger partial charge in [-0.1, -0.05) is 24.6 Å². The normalized spacial score (nSPS) is 24.1. The van der Waals surface area contributed by atoms with Gasteiger partial charge < -0.3 is 15.0 Å². The van der Waals surface area contributed by atoms with Crippen molar-refractivity contribution in [3.63, 3.8) is 0 Å². The number of rotatable bonds is 3. The number of carbonyl (C=O) groups is 1. The Labute approximate surface area is 139 Å². The second kappa shape index (κ2) is 6.06. The molecule has 1 aliphatic heterocycles. The van der Waals surface area contributed by atoms with Gasteiger partial charge in [-0.2, -0.15) is 0 Å². The molecule has 3 atom stereocenters. The van der Waals surface area contributed by atoms with E-state index in [0.717, 1.165) is 6.54 Å². The number of ether oxygens (including phenoxy) is 1. The SMILES string of the molecule is CC(CN1c2ccccc2C2CCCC21)NC(=O)OC(C)(C)C. The van der Waals surface area contributed by atoms with Gasteiger partial charge >= 0.3 is 6.09 Å². The van der Waals surface area contributed by atoms with Crippen molar-refractivity contribution in [2.45, 2.75) is 70.6 Å². The van der Waals surface area contributed by atoms with E-state index in [4.69, 9.17) is 4.74 Å². The fraction of sp³-hybridized carbons (Fsp3) is 0.632. The highest BCUT2D eigenvalue weighted by molar-refractivity contribution is 5.68. The standard InChI is InChI=1S/C19H28N2O2/c1-13(20-18(22)23-19(2,3)4)12-21-16-10-6-5-8-14(16)15-9-7-11-17(15)21/h5-6,8,10,13,15,17H,7,9,11-12H2,1-4H3,(H,20,22). The number of hydrogen-bond acceptors (Lipinski definition) is 3. The van der Waals surface area contributed by atoms with Gasteiger partial charge in [0.15, 0.2) is 0 Å². The molecule has 1 aliphatic carbocycles. The molecule has 126 valence electrons. The van der Waals surface area contributed by atoms with E-state index in [2.05, 4.69) is 41.4 Å². The third-order valence-corrected chi connectivity index (χ3v) is 4.76. The molecule has 23 heavy (non-hydrogen) atoms. The first-order valence-electron chi connectivity index (χ1n) is 8.70. The lowest BCUT2D eigenvalue weighted by Crippen LogP contribution is -2.46. The van der Waals surface area contributed by atoms with Crippen molar-refractivity contribution in [2.24, 2.45) is 0 Å². The Morgan fingerprint density at radius 2 is 2.09 bits per heavy atom. The molecule has 0 bridgehead atoms. The Bertz CT molecular complexity index is 579. The number of alkyl carbamates (subject to hydrolysis) is 1. The molecule has 1 aromatic rings. The van der Waals surface area contributed by atoms with Gasteiger partial charge in [-0.15, -0.1) is 0 Å². The molecule has 4 nitrogen and oxygen atoms in total. The Kier molecular flexibility index (Phi) is 4.26. The van der Waals surface area contributed by atoms with Gasteiger partial charge in [0.2, 0.25) is 0 Å². The zero-order valence-corrected chi connectivity index (χ0v) is 14.6. The molecule has 2 aliphatic rings. The first kappa shape index (κ1) is 16.2. The molecule has 3 unspecified atom stereocenters. The largest absolute Gasteiger partial charge is 0.444 e. The van der Waals surface area contributed by atoms with E-state index in [1.165, 1.54) is 30.5 Å². The molecule has 1 fully saturated rings. The number of nitrogens with one attached hydrogen (secondary N) is 1. The Hall–Kier alpha value is -1.71. The van der Waals surface area contributed by atoms with Crippen molar-refractivity contribution in [2.75, 3.05) is 11.4 Å². The van der Waals surface area contributed by atoms with E-state index in [9.17, 15) is 4.79 Å². The van der Waals surface area contributed by atoms with Crippen molar-refractivity contribution < 1.29 is 9.53 Å². The monoisotopic (exact) mass is 316 g/mol. The first-order valence-corrected chi connectivity index (χ1v) is 8.70. The molecule has 0 saturated heterocycles. The molecule has 0 aromatic heterocycles. The molecular weight excluding hydrogens is 288 g/mol. The van der Waals surface area contributed by atoms with Crippen LogP contribution >= 0.6 is 0 Å². The predicted octanol–water partition coefficient (Wildman–Crippen LogP) is 4.06. The summed E-state index contributed by atoms with van der Waals surface area (Å²) < 4.78 is 5.36. The molecular formula is C19H28N2O2.